The van der Waals surface area contributed by atoms with Gasteiger partial charge in [0.2, 0.25) is 0 Å². The van der Waals surface area contributed by atoms with Gasteiger partial charge in [0.1, 0.15) is 5.01 Å². The molecule has 1 fully saturated rings. The maximum Gasteiger partial charge on any atom is 0.416 e. The Morgan fingerprint density at radius 2 is 1.90 bits per heavy atom. The van der Waals surface area contributed by atoms with Gasteiger partial charge in [-0.3, -0.25) is 0 Å². The molecule has 1 aliphatic rings. The zero-order valence-corrected chi connectivity index (χ0v) is 11.4. The zero-order chi connectivity index (χ0) is 14.2. The molecule has 1 saturated carbocycles. The van der Waals surface area contributed by atoms with Crippen molar-refractivity contribution >= 4 is 11.3 Å². The molecule has 0 bridgehead atoms. The lowest BCUT2D eigenvalue weighted by atomic mass is 10.1. The molecule has 1 aromatic carbocycles. The second-order valence-electron chi connectivity index (χ2n) is 4.87. The minimum absolute atomic E-state index is 0.617. The van der Waals surface area contributed by atoms with Gasteiger partial charge in [0.05, 0.1) is 11.3 Å². The van der Waals surface area contributed by atoms with E-state index in [0.29, 0.717) is 6.04 Å². The van der Waals surface area contributed by atoms with Crippen molar-refractivity contribution in [1.29, 1.82) is 0 Å². The van der Waals surface area contributed by atoms with Crippen molar-refractivity contribution in [3.05, 3.63) is 40.9 Å². The fourth-order valence-corrected chi connectivity index (χ4v) is 2.68. The lowest BCUT2D eigenvalue weighted by Crippen LogP contribution is -2.15. The highest BCUT2D eigenvalue weighted by atomic mass is 32.1. The number of halogens is 3. The Balaban J connectivity index is 1.71. The molecule has 0 amide bonds. The van der Waals surface area contributed by atoms with Crippen LogP contribution in [0.2, 0.25) is 0 Å². The number of alkyl halides is 3. The summed E-state index contributed by atoms with van der Waals surface area (Å²) in [5, 5.41) is 6.06. The molecule has 1 heterocycles. The molecule has 20 heavy (non-hydrogen) atoms. The van der Waals surface area contributed by atoms with Crippen molar-refractivity contribution < 1.29 is 13.2 Å². The van der Waals surface area contributed by atoms with Crippen LogP contribution in [0.4, 0.5) is 13.2 Å². The Hall–Kier alpha value is -1.40. The predicted molar refractivity (Wildman–Crippen MR) is 72.4 cm³/mol. The maximum absolute atomic E-state index is 12.5. The number of thiazole rings is 1. The summed E-state index contributed by atoms with van der Waals surface area (Å²) in [5.41, 5.74) is 1.03. The van der Waals surface area contributed by atoms with Gasteiger partial charge in [0.25, 0.3) is 0 Å². The topological polar surface area (TPSA) is 24.9 Å². The van der Waals surface area contributed by atoms with Crippen LogP contribution in [0.25, 0.3) is 10.6 Å². The monoisotopic (exact) mass is 298 g/mol. The van der Waals surface area contributed by atoms with Crippen molar-refractivity contribution in [1.82, 2.24) is 10.3 Å². The van der Waals surface area contributed by atoms with Gasteiger partial charge < -0.3 is 5.32 Å². The molecule has 6 heteroatoms. The maximum atomic E-state index is 12.5. The fraction of sp³-hybridized carbons (Fsp3) is 0.357. The SMILES string of the molecule is FC(F)(F)c1ccc(-c2nc(CNC3CC3)cs2)cc1. The van der Waals surface area contributed by atoms with Crippen molar-refractivity contribution in [3.63, 3.8) is 0 Å². The van der Waals surface area contributed by atoms with E-state index in [1.165, 1.54) is 36.3 Å². The minimum atomic E-state index is -4.29. The van der Waals surface area contributed by atoms with E-state index in [4.69, 9.17) is 0 Å². The first-order chi connectivity index (χ1) is 9.52. The van der Waals surface area contributed by atoms with Crippen LogP contribution >= 0.6 is 11.3 Å². The number of aromatic nitrogens is 1. The second-order valence-corrected chi connectivity index (χ2v) is 5.73. The summed E-state index contributed by atoms with van der Waals surface area (Å²) in [7, 11) is 0. The largest absolute Gasteiger partial charge is 0.416 e. The highest BCUT2D eigenvalue weighted by Gasteiger charge is 2.30. The summed E-state index contributed by atoms with van der Waals surface area (Å²) in [4.78, 5) is 4.45. The first-order valence-electron chi connectivity index (χ1n) is 6.38. The van der Waals surface area contributed by atoms with E-state index < -0.39 is 11.7 Å². The van der Waals surface area contributed by atoms with Crippen molar-refractivity contribution in [2.45, 2.75) is 31.6 Å². The summed E-state index contributed by atoms with van der Waals surface area (Å²) in [5.74, 6) is 0. The average Bonchev–Trinajstić information content (AvgIpc) is 3.13. The molecule has 2 nitrogen and oxygen atoms in total. The Labute approximate surface area is 118 Å². The van der Waals surface area contributed by atoms with Crippen LogP contribution in [0.1, 0.15) is 24.1 Å². The van der Waals surface area contributed by atoms with E-state index in [2.05, 4.69) is 10.3 Å². The Morgan fingerprint density at radius 1 is 1.20 bits per heavy atom. The van der Waals surface area contributed by atoms with Gasteiger partial charge in [0, 0.05) is 23.5 Å². The van der Waals surface area contributed by atoms with E-state index in [9.17, 15) is 13.2 Å². The highest BCUT2D eigenvalue weighted by Crippen LogP contribution is 2.31. The molecule has 0 atom stereocenters. The second kappa shape index (κ2) is 5.18. The molecule has 0 saturated heterocycles. The quantitative estimate of drug-likeness (QED) is 0.920. The van der Waals surface area contributed by atoms with Crippen LogP contribution in [-0.4, -0.2) is 11.0 Å². The first kappa shape index (κ1) is 13.6. The van der Waals surface area contributed by atoms with Crippen LogP contribution in [0, 0.1) is 0 Å². The molecule has 1 N–H and O–H groups in total. The van der Waals surface area contributed by atoms with Crippen LogP contribution in [0.15, 0.2) is 29.6 Å². The Bertz CT molecular complexity index is 585. The smallest absolute Gasteiger partial charge is 0.308 e. The van der Waals surface area contributed by atoms with Gasteiger partial charge in [-0.1, -0.05) is 12.1 Å². The molecule has 106 valence electrons. The third-order valence-corrected chi connectivity index (χ3v) is 4.10. The molecule has 0 spiro atoms. The fourth-order valence-electron chi connectivity index (χ4n) is 1.86. The molecule has 0 aliphatic heterocycles. The molecular formula is C14H13F3N2S. The molecule has 0 radical (unpaired) electrons. The van der Waals surface area contributed by atoms with Crippen molar-refractivity contribution in [2.75, 3.05) is 0 Å². The lowest BCUT2D eigenvalue weighted by molar-refractivity contribution is -0.137. The third-order valence-electron chi connectivity index (χ3n) is 3.16. The third kappa shape index (κ3) is 3.19. The number of nitrogens with zero attached hydrogens (tertiary/aromatic N) is 1. The summed E-state index contributed by atoms with van der Waals surface area (Å²) in [6.45, 7) is 0.724. The van der Waals surface area contributed by atoms with E-state index in [1.54, 1.807) is 0 Å². The van der Waals surface area contributed by atoms with Crippen molar-refractivity contribution in [2.24, 2.45) is 0 Å². The van der Waals surface area contributed by atoms with Gasteiger partial charge in [-0.2, -0.15) is 13.2 Å². The van der Waals surface area contributed by atoms with E-state index in [1.807, 2.05) is 5.38 Å². The van der Waals surface area contributed by atoms with Gasteiger partial charge in [-0.05, 0) is 25.0 Å². The standard InChI is InChI=1S/C14H13F3N2S/c15-14(16,17)10-3-1-9(2-4-10)13-19-12(8-20-13)7-18-11-5-6-11/h1-4,8,11,18H,5-7H2. The highest BCUT2D eigenvalue weighted by molar-refractivity contribution is 7.13. The molecule has 1 aromatic heterocycles. The predicted octanol–water partition coefficient (Wildman–Crippen LogP) is 4.08. The number of nitrogens with one attached hydrogen (secondary N) is 1. The number of rotatable bonds is 4. The molecule has 3 rings (SSSR count). The van der Waals surface area contributed by atoms with Gasteiger partial charge >= 0.3 is 6.18 Å². The summed E-state index contributed by atoms with van der Waals surface area (Å²) in [6, 6.07) is 5.75. The Morgan fingerprint density at radius 3 is 2.50 bits per heavy atom. The summed E-state index contributed by atoms with van der Waals surface area (Å²) in [6.07, 6.45) is -1.85. The summed E-state index contributed by atoms with van der Waals surface area (Å²) < 4.78 is 37.5. The van der Waals surface area contributed by atoms with Crippen LogP contribution in [0.3, 0.4) is 0 Å². The minimum Gasteiger partial charge on any atom is -0.308 e. The van der Waals surface area contributed by atoms with E-state index in [0.717, 1.165) is 34.9 Å². The molecule has 2 aromatic rings. The molecular weight excluding hydrogens is 285 g/mol. The molecule has 1 aliphatic carbocycles. The summed E-state index contributed by atoms with van der Waals surface area (Å²) >= 11 is 1.46. The van der Waals surface area contributed by atoms with E-state index in [-0.39, 0.29) is 0 Å². The van der Waals surface area contributed by atoms with Gasteiger partial charge in [0.15, 0.2) is 0 Å². The Kier molecular flexibility index (Phi) is 3.52. The van der Waals surface area contributed by atoms with Crippen LogP contribution in [-0.2, 0) is 12.7 Å². The van der Waals surface area contributed by atoms with Gasteiger partial charge in [-0.25, -0.2) is 4.98 Å². The van der Waals surface area contributed by atoms with Crippen LogP contribution < -0.4 is 5.32 Å². The first-order valence-corrected chi connectivity index (χ1v) is 7.26. The van der Waals surface area contributed by atoms with E-state index >= 15 is 0 Å². The normalized spacial score (nSPS) is 15.6. The number of hydrogen-bond donors (Lipinski definition) is 1. The van der Waals surface area contributed by atoms with Crippen LogP contribution in [0.5, 0.6) is 0 Å². The zero-order valence-electron chi connectivity index (χ0n) is 10.6. The molecule has 0 unspecified atom stereocenters. The number of hydrogen-bond acceptors (Lipinski definition) is 3. The van der Waals surface area contributed by atoms with Gasteiger partial charge in [-0.15, -0.1) is 11.3 Å². The average molecular weight is 298 g/mol. The number of benzene rings is 1. The van der Waals surface area contributed by atoms with Crippen molar-refractivity contribution in [3.8, 4) is 10.6 Å². The lowest BCUT2D eigenvalue weighted by Gasteiger charge is -2.06.